The van der Waals surface area contributed by atoms with E-state index in [9.17, 15) is 0 Å². The summed E-state index contributed by atoms with van der Waals surface area (Å²) < 4.78 is 0. The van der Waals surface area contributed by atoms with E-state index in [2.05, 4.69) is 65.3 Å². The molecule has 1 aliphatic rings. The van der Waals surface area contributed by atoms with Gasteiger partial charge in [0.05, 0.1) is 0 Å². The molecule has 1 nitrogen and oxygen atoms in total. The van der Waals surface area contributed by atoms with Crippen LogP contribution in [0.15, 0.2) is 71.3 Å². The van der Waals surface area contributed by atoms with Crippen molar-refractivity contribution >= 4 is 36.1 Å². The zero-order chi connectivity index (χ0) is 17.7. The molecule has 0 amide bonds. The molecule has 1 N–H and O–H groups in total. The molecule has 0 aliphatic heterocycles. The first-order valence-electron chi connectivity index (χ1n) is 8.51. The first kappa shape index (κ1) is 28.1. The van der Waals surface area contributed by atoms with Crippen molar-refractivity contribution in [3.8, 4) is 0 Å². The largest absolute Gasteiger partial charge is 2.00 e. The monoisotopic (exact) mass is 437 g/mol. The van der Waals surface area contributed by atoms with Gasteiger partial charge < -0.3 is 5.73 Å². The predicted octanol–water partition coefficient (Wildman–Crippen LogP) is 8.23. The van der Waals surface area contributed by atoms with Gasteiger partial charge >= 0.3 is 21.7 Å². The van der Waals surface area contributed by atoms with Crippen molar-refractivity contribution in [2.24, 2.45) is 5.92 Å². The molecule has 0 fully saturated rings. The van der Waals surface area contributed by atoms with Crippen molar-refractivity contribution in [3.63, 3.8) is 0 Å². The first-order valence-corrected chi connectivity index (χ1v) is 8.51. The third kappa shape index (κ3) is 6.77. The Morgan fingerprint density at radius 2 is 1.33 bits per heavy atom. The van der Waals surface area contributed by atoms with Crippen molar-refractivity contribution in [3.05, 3.63) is 94.6 Å². The Morgan fingerprint density at radius 1 is 0.815 bits per heavy atom. The van der Waals surface area contributed by atoms with Crippen LogP contribution >= 0.6 is 24.8 Å². The second-order valence-corrected chi connectivity index (χ2v) is 6.31. The maximum absolute atomic E-state index is 7.00. The summed E-state index contributed by atoms with van der Waals surface area (Å²) in [4.78, 5) is 0. The number of nitrogens with one attached hydrogen (secondary N) is 1. The van der Waals surface area contributed by atoms with Gasteiger partial charge in [0.2, 0.25) is 0 Å². The van der Waals surface area contributed by atoms with E-state index in [1.54, 1.807) is 12.1 Å². The van der Waals surface area contributed by atoms with Gasteiger partial charge in [-0.3, -0.25) is 0 Å². The van der Waals surface area contributed by atoms with Crippen molar-refractivity contribution in [2.75, 3.05) is 0 Å². The maximum Gasteiger partial charge on any atom is 2.00 e. The normalized spacial score (nSPS) is 14.9. The van der Waals surface area contributed by atoms with Crippen molar-refractivity contribution in [1.29, 1.82) is 0 Å². The van der Waals surface area contributed by atoms with Gasteiger partial charge in [-0.05, 0) is 32.3 Å². The summed E-state index contributed by atoms with van der Waals surface area (Å²) in [6.07, 6.45) is 2.20. The van der Waals surface area contributed by atoms with Crippen LogP contribution in [-0.4, -0.2) is 0 Å². The van der Waals surface area contributed by atoms with Gasteiger partial charge in [0, 0.05) is 0 Å². The minimum atomic E-state index is 0. The van der Waals surface area contributed by atoms with Crippen molar-refractivity contribution in [1.82, 2.24) is 0 Å². The predicted molar refractivity (Wildman–Crippen MR) is 121 cm³/mol. The third-order valence-electron chi connectivity index (χ3n) is 4.98. The van der Waals surface area contributed by atoms with E-state index >= 15 is 0 Å². The Kier molecular flexibility index (Phi) is 13.7. The van der Waals surface area contributed by atoms with Crippen LogP contribution in [0, 0.1) is 12.3 Å². The molecule has 0 saturated carbocycles. The van der Waals surface area contributed by atoms with Crippen LogP contribution in [0.2, 0.25) is 0 Å². The van der Waals surface area contributed by atoms with Gasteiger partial charge in [0.25, 0.3) is 0 Å². The van der Waals surface area contributed by atoms with Gasteiger partial charge in [-0.1, -0.05) is 67.0 Å². The second-order valence-electron chi connectivity index (χ2n) is 6.31. The Hall–Kier alpha value is -1.12. The molecule has 0 aromatic heterocycles. The summed E-state index contributed by atoms with van der Waals surface area (Å²) in [5.74, 6) is 0.552. The molecule has 0 saturated heterocycles. The number of allylic oxidation sites excluding steroid dienone is 4. The molecule has 1 unspecified atom stereocenters. The SMILES string of the molecule is C[CH-]c1ccccc1C1=C(C)C(C)=C(C)C1C.Cl.Cl.[NH-]c1ccccc1.[Ti+2]. The van der Waals surface area contributed by atoms with E-state index in [1.165, 1.54) is 33.4 Å². The van der Waals surface area contributed by atoms with Gasteiger partial charge in [-0.15, -0.1) is 48.2 Å². The van der Waals surface area contributed by atoms with E-state index in [0.29, 0.717) is 11.6 Å². The van der Waals surface area contributed by atoms with E-state index in [0.717, 1.165) is 0 Å². The topological polar surface area (TPSA) is 23.8 Å². The molecular formula is C23H29Cl2NTi. The molecule has 0 spiro atoms. The van der Waals surface area contributed by atoms with Gasteiger partial charge in [0.1, 0.15) is 0 Å². The fourth-order valence-electron chi connectivity index (χ4n) is 3.23. The van der Waals surface area contributed by atoms with Crippen LogP contribution in [0.5, 0.6) is 0 Å². The molecule has 0 bridgehead atoms. The number of halogens is 2. The molecule has 4 heteroatoms. The molecule has 27 heavy (non-hydrogen) atoms. The van der Waals surface area contributed by atoms with Gasteiger partial charge in [0.15, 0.2) is 0 Å². The number of hydrogen-bond donors (Lipinski definition) is 0. The van der Waals surface area contributed by atoms with Crippen LogP contribution in [-0.2, 0) is 21.7 Å². The van der Waals surface area contributed by atoms with Crippen molar-refractivity contribution in [2.45, 2.75) is 34.6 Å². The summed E-state index contributed by atoms with van der Waals surface area (Å²) in [6, 6.07) is 17.8. The summed E-state index contributed by atoms with van der Waals surface area (Å²) in [6.45, 7) is 11.2. The molecule has 2 aromatic rings. The van der Waals surface area contributed by atoms with Crippen molar-refractivity contribution < 1.29 is 21.7 Å². The zero-order valence-electron chi connectivity index (χ0n) is 16.7. The summed E-state index contributed by atoms with van der Waals surface area (Å²) >= 11 is 0. The molecule has 1 aliphatic carbocycles. The van der Waals surface area contributed by atoms with Crippen LogP contribution in [0.4, 0.5) is 5.69 Å². The van der Waals surface area contributed by atoms with E-state index < -0.39 is 0 Å². The Bertz CT molecular complexity index is 767. The van der Waals surface area contributed by atoms with E-state index in [4.69, 9.17) is 5.73 Å². The second kappa shape index (κ2) is 13.1. The first-order chi connectivity index (χ1) is 11.5. The summed E-state index contributed by atoms with van der Waals surface area (Å²) in [7, 11) is 0. The Morgan fingerprint density at radius 3 is 1.74 bits per heavy atom. The molecule has 3 rings (SSSR count). The van der Waals surface area contributed by atoms with Crippen LogP contribution in [0.1, 0.15) is 45.7 Å². The van der Waals surface area contributed by atoms with Crippen LogP contribution in [0.3, 0.4) is 0 Å². The minimum Gasteiger partial charge on any atom is -0.699 e. The average molecular weight is 438 g/mol. The van der Waals surface area contributed by atoms with Gasteiger partial charge in [-0.25, -0.2) is 0 Å². The molecule has 2 aromatic carbocycles. The fourth-order valence-corrected chi connectivity index (χ4v) is 3.23. The Labute approximate surface area is 192 Å². The Balaban J connectivity index is 0. The molecule has 0 radical (unpaired) electrons. The number of rotatable bonds is 2. The van der Waals surface area contributed by atoms with Gasteiger partial charge in [-0.2, -0.15) is 18.1 Å². The molecular weight excluding hydrogens is 409 g/mol. The molecule has 144 valence electrons. The zero-order valence-corrected chi connectivity index (χ0v) is 19.9. The van der Waals surface area contributed by atoms with E-state index in [1.807, 2.05) is 18.2 Å². The average Bonchev–Trinajstić information content (AvgIpc) is 2.79. The quantitative estimate of drug-likeness (QED) is 0.333. The maximum atomic E-state index is 7.00. The minimum absolute atomic E-state index is 0. The van der Waals surface area contributed by atoms with Crippen LogP contribution < -0.4 is 0 Å². The molecule has 0 heterocycles. The fraction of sp³-hybridized carbons (Fsp3) is 0.261. The summed E-state index contributed by atoms with van der Waals surface area (Å²) in [5, 5.41) is 0. The smallest absolute Gasteiger partial charge is 0.699 e. The van der Waals surface area contributed by atoms with E-state index in [-0.39, 0.29) is 46.5 Å². The number of benzene rings is 2. The number of hydrogen-bond acceptors (Lipinski definition) is 0. The molecule has 1 atom stereocenters. The van der Waals surface area contributed by atoms with Crippen LogP contribution in [0.25, 0.3) is 11.3 Å². The third-order valence-corrected chi connectivity index (χ3v) is 4.98. The standard InChI is InChI=1S/C17H21.C6H6N.2ClH.Ti/c1-6-15-9-7-8-10-16(15)17-13(4)11(2)12(3)14(17)5;7-6-4-2-1-3-5-6;;;/h6-10,13H,1-5H3;1-5,7H;2*1H;/q2*-1;;;+2. The summed E-state index contributed by atoms with van der Waals surface area (Å²) in [5.41, 5.74) is 16.3.